The molecule has 4 rings (SSSR count). The topological polar surface area (TPSA) is 44.1 Å². The van der Waals surface area contributed by atoms with E-state index in [-0.39, 0.29) is 0 Å². The minimum atomic E-state index is -3.24. The molecule has 3 saturated heterocycles. The standard InChI is InChI=1S/C10H15GeNO4/c1-5-13-9-10(1)11-14-6-2-12(3-7-15-11)4-8-16-11/h1,5,9H,2-4,6-8H2. The van der Waals surface area contributed by atoms with Crippen LogP contribution in [-0.2, 0) is 11.3 Å². The second kappa shape index (κ2) is 4.50. The van der Waals surface area contributed by atoms with Gasteiger partial charge in [-0.05, 0) is 0 Å². The van der Waals surface area contributed by atoms with Gasteiger partial charge < -0.3 is 0 Å². The number of fused-ring (bicyclic) bond motifs is 6. The second-order valence-corrected chi connectivity index (χ2v) is 9.32. The van der Waals surface area contributed by atoms with Crippen molar-refractivity contribution in [2.75, 3.05) is 39.5 Å². The van der Waals surface area contributed by atoms with Crippen molar-refractivity contribution >= 4 is 18.7 Å². The molecule has 3 fully saturated rings. The van der Waals surface area contributed by atoms with Gasteiger partial charge in [-0.15, -0.1) is 0 Å². The molecule has 2 bridgehead atoms. The summed E-state index contributed by atoms with van der Waals surface area (Å²) in [5, 5.41) is 0. The zero-order valence-electron chi connectivity index (χ0n) is 9.05. The Morgan fingerprint density at radius 3 is 2.12 bits per heavy atom. The number of rotatable bonds is 1. The van der Waals surface area contributed by atoms with Crippen LogP contribution < -0.4 is 4.40 Å². The molecule has 0 spiro atoms. The third kappa shape index (κ3) is 1.93. The van der Waals surface area contributed by atoms with Gasteiger partial charge in [-0.2, -0.15) is 0 Å². The third-order valence-electron chi connectivity index (χ3n) is 2.97. The first-order chi connectivity index (χ1) is 7.89. The fourth-order valence-corrected chi connectivity index (χ4v) is 6.93. The number of nitrogens with zero attached hydrogens (tertiary/aromatic N) is 1. The Balaban J connectivity index is 1.90. The molecule has 0 saturated carbocycles. The molecule has 5 nitrogen and oxygen atoms in total. The van der Waals surface area contributed by atoms with Crippen LogP contribution >= 0.6 is 0 Å². The SMILES string of the molecule is c1c[c]([Ge]23[O]CCN(CC[O]2)CC[O]3)co1. The summed E-state index contributed by atoms with van der Waals surface area (Å²) in [5.41, 5.74) is 0. The van der Waals surface area contributed by atoms with Gasteiger partial charge in [0.25, 0.3) is 0 Å². The first kappa shape index (κ1) is 10.8. The van der Waals surface area contributed by atoms with Crippen molar-refractivity contribution in [1.29, 1.82) is 0 Å². The number of hydrogen-bond acceptors (Lipinski definition) is 5. The molecule has 4 heterocycles. The first-order valence-corrected chi connectivity index (χ1v) is 9.18. The maximum atomic E-state index is 5.93. The molecule has 16 heavy (non-hydrogen) atoms. The van der Waals surface area contributed by atoms with Gasteiger partial charge in [-0.3, -0.25) is 0 Å². The van der Waals surface area contributed by atoms with Gasteiger partial charge >= 0.3 is 97.3 Å². The minimum absolute atomic E-state index is 0.686. The maximum absolute atomic E-state index is 5.93. The normalized spacial score (nSPS) is 35.4. The first-order valence-electron chi connectivity index (χ1n) is 5.56. The fourth-order valence-electron chi connectivity index (χ4n) is 2.08. The monoisotopic (exact) mass is 287 g/mol. The van der Waals surface area contributed by atoms with Gasteiger partial charge in [0.1, 0.15) is 0 Å². The van der Waals surface area contributed by atoms with Crippen LogP contribution in [0.2, 0.25) is 0 Å². The van der Waals surface area contributed by atoms with Crippen molar-refractivity contribution in [2.45, 2.75) is 0 Å². The van der Waals surface area contributed by atoms with Crippen molar-refractivity contribution in [3.05, 3.63) is 18.6 Å². The van der Waals surface area contributed by atoms with E-state index in [0.29, 0.717) is 19.8 Å². The zero-order chi connectivity index (χ0) is 10.8. The Hall–Kier alpha value is -0.337. The molecule has 0 N–H and O–H groups in total. The summed E-state index contributed by atoms with van der Waals surface area (Å²) in [6.07, 6.45) is 3.34. The zero-order valence-corrected chi connectivity index (χ0v) is 11.2. The van der Waals surface area contributed by atoms with Crippen LogP contribution in [0.3, 0.4) is 0 Å². The number of hydrogen-bond donors (Lipinski definition) is 0. The average molecular weight is 286 g/mol. The molecule has 3 aliphatic heterocycles. The van der Waals surface area contributed by atoms with Crippen molar-refractivity contribution in [3.63, 3.8) is 0 Å². The van der Waals surface area contributed by atoms with E-state index in [9.17, 15) is 0 Å². The van der Waals surface area contributed by atoms with E-state index < -0.39 is 14.3 Å². The Bertz CT molecular complexity index is 316. The van der Waals surface area contributed by atoms with Crippen LogP contribution in [0, 0.1) is 0 Å². The summed E-state index contributed by atoms with van der Waals surface area (Å²) >= 11 is -3.24. The summed E-state index contributed by atoms with van der Waals surface area (Å²) < 4.78 is 23.9. The molecular formula is C10H15GeNO4. The molecule has 0 unspecified atom stereocenters. The molecule has 3 aliphatic rings. The van der Waals surface area contributed by atoms with E-state index in [1.54, 1.807) is 12.5 Å². The van der Waals surface area contributed by atoms with Gasteiger partial charge in [0.05, 0.1) is 0 Å². The van der Waals surface area contributed by atoms with Gasteiger partial charge in [0, 0.05) is 0 Å². The van der Waals surface area contributed by atoms with Crippen LogP contribution in [0.25, 0.3) is 0 Å². The predicted molar refractivity (Wildman–Crippen MR) is 58.4 cm³/mol. The molecule has 0 radical (unpaired) electrons. The molecule has 0 atom stereocenters. The molecule has 88 valence electrons. The van der Waals surface area contributed by atoms with Gasteiger partial charge in [0.2, 0.25) is 0 Å². The van der Waals surface area contributed by atoms with Crippen LogP contribution in [0.4, 0.5) is 0 Å². The Kier molecular flexibility index (Phi) is 3.04. The summed E-state index contributed by atoms with van der Waals surface area (Å²) in [5.74, 6) is 0. The fraction of sp³-hybridized carbons (Fsp3) is 0.600. The van der Waals surface area contributed by atoms with E-state index in [4.69, 9.17) is 15.7 Å². The van der Waals surface area contributed by atoms with Crippen molar-refractivity contribution in [1.82, 2.24) is 4.90 Å². The number of furan rings is 1. The summed E-state index contributed by atoms with van der Waals surface area (Å²) in [4.78, 5) is 2.31. The van der Waals surface area contributed by atoms with Gasteiger partial charge in [-0.1, -0.05) is 0 Å². The van der Waals surface area contributed by atoms with Crippen molar-refractivity contribution < 1.29 is 15.7 Å². The quantitative estimate of drug-likeness (QED) is 0.669. The molecule has 0 amide bonds. The van der Waals surface area contributed by atoms with Crippen molar-refractivity contribution in [3.8, 4) is 0 Å². The predicted octanol–water partition coefficient (Wildman–Crippen LogP) is -0.195. The van der Waals surface area contributed by atoms with Crippen LogP contribution in [0.1, 0.15) is 0 Å². The average Bonchev–Trinajstić information content (AvgIpc) is 2.68. The van der Waals surface area contributed by atoms with E-state index in [0.717, 1.165) is 24.0 Å². The summed E-state index contributed by atoms with van der Waals surface area (Å²) in [7, 11) is 0. The van der Waals surface area contributed by atoms with Crippen LogP contribution in [-0.4, -0.2) is 58.6 Å². The third-order valence-corrected chi connectivity index (χ3v) is 8.73. The Morgan fingerprint density at radius 1 is 1.00 bits per heavy atom. The van der Waals surface area contributed by atoms with Crippen molar-refractivity contribution in [2.24, 2.45) is 0 Å². The van der Waals surface area contributed by atoms with Gasteiger partial charge in [0.15, 0.2) is 0 Å². The molecule has 6 heteroatoms. The Labute approximate surface area is 97.6 Å². The molecule has 1 aromatic rings. The molecule has 1 aromatic heterocycles. The van der Waals surface area contributed by atoms with E-state index in [1.807, 2.05) is 6.07 Å². The van der Waals surface area contributed by atoms with E-state index >= 15 is 0 Å². The summed E-state index contributed by atoms with van der Waals surface area (Å²) in [6, 6.07) is 1.90. The van der Waals surface area contributed by atoms with Gasteiger partial charge in [-0.25, -0.2) is 0 Å². The van der Waals surface area contributed by atoms with E-state index in [1.165, 1.54) is 0 Å². The van der Waals surface area contributed by atoms with Crippen LogP contribution in [0.5, 0.6) is 0 Å². The summed E-state index contributed by atoms with van der Waals surface area (Å²) in [6.45, 7) is 4.97. The molecular weight excluding hydrogens is 271 g/mol. The van der Waals surface area contributed by atoms with Crippen LogP contribution in [0.15, 0.2) is 23.0 Å². The second-order valence-electron chi connectivity index (χ2n) is 3.96. The van der Waals surface area contributed by atoms with E-state index in [2.05, 4.69) is 4.90 Å². The Morgan fingerprint density at radius 2 is 1.62 bits per heavy atom. The molecule has 0 aliphatic carbocycles. The molecule has 0 aromatic carbocycles.